The molecule has 7 nitrogen and oxygen atoms in total. The molecular formula is C12H12ClN3O4S. The summed E-state index contributed by atoms with van der Waals surface area (Å²) < 4.78 is 28.3. The van der Waals surface area contributed by atoms with Crippen molar-refractivity contribution in [3.63, 3.8) is 0 Å². The molecule has 0 radical (unpaired) electrons. The van der Waals surface area contributed by atoms with Gasteiger partial charge in [0.25, 0.3) is 0 Å². The van der Waals surface area contributed by atoms with Gasteiger partial charge in [0.2, 0.25) is 10.0 Å². The Hall–Kier alpha value is -1.90. The summed E-state index contributed by atoms with van der Waals surface area (Å²) in [6.45, 7) is 0.0315. The van der Waals surface area contributed by atoms with Gasteiger partial charge in [0.1, 0.15) is 4.90 Å². The number of nitrogens with zero attached hydrogens (tertiary/aromatic N) is 2. The number of carboxylic acid groups (broad SMARTS) is 1. The Morgan fingerprint density at radius 3 is 2.76 bits per heavy atom. The Balaban J connectivity index is 2.26. The van der Waals surface area contributed by atoms with Crippen LogP contribution in [-0.4, -0.2) is 29.3 Å². The third-order valence-corrected chi connectivity index (χ3v) is 4.58. The molecule has 1 aromatic heterocycles. The number of aromatic nitrogens is 2. The van der Waals surface area contributed by atoms with Crippen molar-refractivity contribution in [3.8, 4) is 0 Å². The van der Waals surface area contributed by atoms with E-state index >= 15 is 0 Å². The average molecular weight is 330 g/mol. The molecule has 112 valence electrons. The first kappa shape index (κ1) is 15.5. The molecule has 0 saturated heterocycles. The van der Waals surface area contributed by atoms with E-state index in [-0.39, 0.29) is 22.0 Å². The number of hydrogen-bond acceptors (Lipinski definition) is 4. The van der Waals surface area contributed by atoms with E-state index < -0.39 is 16.0 Å². The fourth-order valence-electron chi connectivity index (χ4n) is 1.66. The van der Waals surface area contributed by atoms with Crippen molar-refractivity contribution in [2.45, 2.75) is 11.4 Å². The van der Waals surface area contributed by atoms with Crippen LogP contribution in [0.2, 0.25) is 5.02 Å². The van der Waals surface area contributed by atoms with Crippen LogP contribution in [0.5, 0.6) is 0 Å². The maximum Gasteiger partial charge on any atom is 0.335 e. The van der Waals surface area contributed by atoms with E-state index in [2.05, 4.69) is 9.82 Å². The minimum atomic E-state index is -3.92. The van der Waals surface area contributed by atoms with E-state index in [1.54, 1.807) is 17.9 Å². The van der Waals surface area contributed by atoms with Crippen LogP contribution in [0.4, 0.5) is 0 Å². The van der Waals surface area contributed by atoms with Crippen molar-refractivity contribution in [2.75, 3.05) is 0 Å². The molecule has 1 heterocycles. The molecule has 9 heteroatoms. The standard InChI is InChI=1S/C12H12ClN3O4S/c1-16-7-8(5-14-16)6-15-21(19,20)11-4-9(12(17)18)2-3-10(11)13/h2-5,7,15H,6H2,1H3,(H,17,18). The number of rotatable bonds is 5. The number of aryl methyl sites for hydroxylation is 1. The second-order valence-corrected chi connectivity index (χ2v) is 6.44. The molecule has 2 N–H and O–H groups in total. The number of hydrogen-bond donors (Lipinski definition) is 2. The normalized spacial score (nSPS) is 11.5. The van der Waals surface area contributed by atoms with Gasteiger partial charge in [-0.15, -0.1) is 0 Å². The minimum absolute atomic E-state index is 0.0315. The molecule has 0 aliphatic rings. The van der Waals surface area contributed by atoms with Crippen molar-refractivity contribution in [1.29, 1.82) is 0 Å². The highest BCUT2D eigenvalue weighted by Gasteiger charge is 2.20. The smallest absolute Gasteiger partial charge is 0.335 e. The van der Waals surface area contributed by atoms with E-state index in [0.717, 1.165) is 6.07 Å². The summed E-state index contributed by atoms with van der Waals surface area (Å²) in [6.07, 6.45) is 3.19. The second-order valence-electron chi connectivity index (χ2n) is 4.30. The van der Waals surface area contributed by atoms with Crippen molar-refractivity contribution in [1.82, 2.24) is 14.5 Å². The zero-order chi connectivity index (χ0) is 15.6. The fourth-order valence-corrected chi connectivity index (χ4v) is 3.20. The van der Waals surface area contributed by atoms with E-state index in [0.29, 0.717) is 5.56 Å². The topological polar surface area (TPSA) is 101 Å². The molecule has 0 saturated carbocycles. The van der Waals surface area contributed by atoms with Gasteiger partial charge < -0.3 is 5.11 Å². The number of benzene rings is 1. The molecule has 0 amide bonds. The van der Waals surface area contributed by atoms with Gasteiger partial charge in [-0.3, -0.25) is 4.68 Å². The Morgan fingerprint density at radius 1 is 1.48 bits per heavy atom. The van der Waals surface area contributed by atoms with Gasteiger partial charge in [-0.1, -0.05) is 11.6 Å². The molecule has 0 bridgehead atoms. The van der Waals surface area contributed by atoms with Crippen molar-refractivity contribution in [2.24, 2.45) is 7.05 Å². The zero-order valence-corrected chi connectivity index (χ0v) is 12.5. The number of halogens is 1. The molecule has 0 unspecified atom stereocenters. The first-order valence-corrected chi connectivity index (χ1v) is 7.66. The molecule has 21 heavy (non-hydrogen) atoms. The van der Waals surface area contributed by atoms with Crippen LogP contribution >= 0.6 is 11.6 Å². The van der Waals surface area contributed by atoms with Crippen LogP contribution in [0.15, 0.2) is 35.5 Å². The van der Waals surface area contributed by atoms with Gasteiger partial charge in [0.15, 0.2) is 0 Å². The molecule has 0 spiro atoms. The van der Waals surface area contributed by atoms with E-state index in [1.807, 2.05) is 0 Å². The lowest BCUT2D eigenvalue weighted by Gasteiger charge is -2.08. The predicted molar refractivity (Wildman–Crippen MR) is 75.6 cm³/mol. The first-order valence-electron chi connectivity index (χ1n) is 5.79. The highest BCUT2D eigenvalue weighted by atomic mass is 35.5. The van der Waals surface area contributed by atoms with Crippen LogP contribution in [0.25, 0.3) is 0 Å². The van der Waals surface area contributed by atoms with E-state index in [4.69, 9.17) is 16.7 Å². The monoisotopic (exact) mass is 329 g/mol. The van der Waals surface area contributed by atoms with Gasteiger partial charge >= 0.3 is 5.97 Å². The van der Waals surface area contributed by atoms with E-state index in [1.165, 1.54) is 18.3 Å². The maximum atomic E-state index is 12.2. The van der Waals surface area contributed by atoms with Gasteiger partial charge in [-0.05, 0) is 18.2 Å². The maximum absolute atomic E-state index is 12.2. The van der Waals surface area contributed by atoms with Crippen molar-refractivity contribution >= 4 is 27.6 Å². The van der Waals surface area contributed by atoms with Crippen LogP contribution in [-0.2, 0) is 23.6 Å². The number of carbonyl (C=O) groups is 1. The number of sulfonamides is 1. The Bertz CT molecular complexity index is 786. The number of nitrogens with one attached hydrogen (secondary N) is 1. The molecule has 0 aliphatic carbocycles. The summed E-state index contributed by atoms with van der Waals surface area (Å²) in [5.74, 6) is -1.23. The average Bonchev–Trinajstić information content (AvgIpc) is 2.82. The van der Waals surface area contributed by atoms with Crippen LogP contribution in [0, 0.1) is 0 Å². The largest absolute Gasteiger partial charge is 0.478 e. The van der Waals surface area contributed by atoms with Crippen LogP contribution in [0.3, 0.4) is 0 Å². The molecule has 0 atom stereocenters. The Kier molecular flexibility index (Phi) is 4.31. The highest BCUT2D eigenvalue weighted by Crippen LogP contribution is 2.22. The second kappa shape index (κ2) is 5.84. The lowest BCUT2D eigenvalue weighted by atomic mass is 10.2. The van der Waals surface area contributed by atoms with E-state index in [9.17, 15) is 13.2 Å². The van der Waals surface area contributed by atoms with Gasteiger partial charge in [-0.2, -0.15) is 5.10 Å². The van der Waals surface area contributed by atoms with Crippen molar-refractivity contribution < 1.29 is 18.3 Å². The molecule has 2 rings (SSSR count). The summed E-state index contributed by atoms with van der Waals surface area (Å²) in [5, 5.41) is 12.8. The minimum Gasteiger partial charge on any atom is -0.478 e. The lowest BCUT2D eigenvalue weighted by molar-refractivity contribution is 0.0696. The number of aromatic carboxylic acids is 1. The third kappa shape index (κ3) is 3.60. The summed E-state index contributed by atoms with van der Waals surface area (Å²) >= 11 is 5.84. The summed E-state index contributed by atoms with van der Waals surface area (Å²) in [4.78, 5) is 10.6. The zero-order valence-electron chi connectivity index (χ0n) is 10.9. The summed E-state index contributed by atoms with van der Waals surface area (Å²) in [6, 6.07) is 3.50. The molecular weight excluding hydrogens is 318 g/mol. The quantitative estimate of drug-likeness (QED) is 0.859. The molecule has 0 fully saturated rings. The van der Waals surface area contributed by atoms with Gasteiger partial charge in [0.05, 0.1) is 16.8 Å². The third-order valence-electron chi connectivity index (χ3n) is 2.69. The molecule has 0 aliphatic heterocycles. The molecule has 2 aromatic rings. The summed E-state index contributed by atoms with van der Waals surface area (Å²) in [5.41, 5.74) is 0.521. The van der Waals surface area contributed by atoms with Crippen LogP contribution < -0.4 is 4.72 Å². The highest BCUT2D eigenvalue weighted by molar-refractivity contribution is 7.89. The number of carboxylic acids is 1. The fraction of sp³-hybridized carbons (Fsp3) is 0.167. The Labute approximate surface area is 126 Å². The molecule has 1 aromatic carbocycles. The van der Waals surface area contributed by atoms with Gasteiger partial charge in [0, 0.05) is 25.4 Å². The Morgan fingerprint density at radius 2 is 2.19 bits per heavy atom. The summed E-state index contributed by atoms with van der Waals surface area (Å²) in [7, 11) is -2.20. The SMILES string of the molecule is Cn1cc(CNS(=O)(=O)c2cc(C(=O)O)ccc2Cl)cn1. The van der Waals surface area contributed by atoms with Gasteiger partial charge in [-0.25, -0.2) is 17.9 Å². The predicted octanol–water partition coefficient (Wildman–Crippen LogP) is 1.25. The first-order chi connectivity index (χ1) is 9.79. The van der Waals surface area contributed by atoms with Crippen molar-refractivity contribution in [3.05, 3.63) is 46.7 Å². The lowest BCUT2D eigenvalue weighted by Crippen LogP contribution is -2.23. The van der Waals surface area contributed by atoms with Crippen LogP contribution in [0.1, 0.15) is 15.9 Å².